The molecule has 0 atom stereocenters. The van der Waals surface area contributed by atoms with Crippen LogP contribution in [0.1, 0.15) is 6.92 Å². The standard InChI is InChI=1S/C20H18O4/c1-2-22-17-9-11-18(12-10-17)23-14-20(21)24-19-8-7-15-5-3-4-6-16(15)13-19/h3-13H,2,14H2,1H3. The van der Waals surface area contributed by atoms with Crippen molar-refractivity contribution in [2.75, 3.05) is 13.2 Å². The maximum Gasteiger partial charge on any atom is 0.349 e. The minimum absolute atomic E-state index is 0.152. The molecule has 0 aliphatic heterocycles. The lowest BCUT2D eigenvalue weighted by Gasteiger charge is -2.08. The zero-order valence-electron chi connectivity index (χ0n) is 13.4. The first-order chi connectivity index (χ1) is 11.7. The summed E-state index contributed by atoms with van der Waals surface area (Å²) in [7, 11) is 0. The molecule has 0 aliphatic rings. The number of fused-ring (bicyclic) bond motifs is 1. The van der Waals surface area contributed by atoms with E-state index in [4.69, 9.17) is 14.2 Å². The van der Waals surface area contributed by atoms with Crippen molar-refractivity contribution in [3.63, 3.8) is 0 Å². The molecule has 0 aliphatic carbocycles. The number of hydrogen-bond acceptors (Lipinski definition) is 4. The molecule has 0 saturated carbocycles. The molecule has 4 nitrogen and oxygen atoms in total. The Kier molecular flexibility index (Phi) is 4.96. The van der Waals surface area contributed by atoms with E-state index in [9.17, 15) is 4.79 Å². The largest absolute Gasteiger partial charge is 0.494 e. The summed E-state index contributed by atoms with van der Waals surface area (Å²) >= 11 is 0. The van der Waals surface area contributed by atoms with Crippen LogP contribution in [0.15, 0.2) is 66.7 Å². The van der Waals surface area contributed by atoms with Gasteiger partial charge in [-0.05, 0) is 54.1 Å². The first-order valence-electron chi connectivity index (χ1n) is 7.80. The van der Waals surface area contributed by atoms with E-state index in [1.807, 2.05) is 43.3 Å². The molecular formula is C20H18O4. The van der Waals surface area contributed by atoms with E-state index in [0.29, 0.717) is 18.1 Å². The van der Waals surface area contributed by atoms with Crippen molar-refractivity contribution >= 4 is 16.7 Å². The van der Waals surface area contributed by atoms with Crippen molar-refractivity contribution in [2.24, 2.45) is 0 Å². The molecule has 3 rings (SSSR count). The zero-order chi connectivity index (χ0) is 16.8. The number of hydrogen-bond donors (Lipinski definition) is 0. The third-order valence-corrected chi connectivity index (χ3v) is 3.44. The maximum atomic E-state index is 11.9. The third-order valence-electron chi connectivity index (χ3n) is 3.44. The average Bonchev–Trinajstić information content (AvgIpc) is 2.61. The molecule has 0 aromatic heterocycles. The van der Waals surface area contributed by atoms with Gasteiger partial charge in [-0.25, -0.2) is 4.79 Å². The van der Waals surface area contributed by atoms with E-state index in [0.717, 1.165) is 16.5 Å². The van der Waals surface area contributed by atoms with Crippen LogP contribution < -0.4 is 14.2 Å². The molecule has 0 N–H and O–H groups in total. The normalized spacial score (nSPS) is 10.4. The van der Waals surface area contributed by atoms with Gasteiger partial charge in [0.2, 0.25) is 0 Å². The number of carbonyl (C=O) groups is 1. The Morgan fingerprint density at radius 1 is 0.792 bits per heavy atom. The minimum Gasteiger partial charge on any atom is -0.494 e. The van der Waals surface area contributed by atoms with E-state index in [-0.39, 0.29) is 6.61 Å². The van der Waals surface area contributed by atoms with E-state index in [1.54, 1.807) is 30.3 Å². The Balaban J connectivity index is 1.56. The quantitative estimate of drug-likeness (QED) is 0.503. The molecule has 0 fully saturated rings. The Morgan fingerprint density at radius 3 is 2.12 bits per heavy atom. The first kappa shape index (κ1) is 15.9. The Hall–Kier alpha value is -3.01. The Bertz CT molecular complexity index is 824. The van der Waals surface area contributed by atoms with Crippen molar-refractivity contribution in [1.29, 1.82) is 0 Å². The molecule has 0 heterocycles. The zero-order valence-corrected chi connectivity index (χ0v) is 13.4. The molecule has 122 valence electrons. The fraction of sp³-hybridized carbons (Fsp3) is 0.150. The molecule has 3 aromatic rings. The van der Waals surface area contributed by atoms with Crippen molar-refractivity contribution < 1.29 is 19.0 Å². The predicted molar refractivity (Wildman–Crippen MR) is 92.7 cm³/mol. The molecule has 0 radical (unpaired) electrons. The second-order valence-electron chi connectivity index (χ2n) is 5.18. The summed E-state index contributed by atoms with van der Waals surface area (Å²) in [5, 5.41) is 2.12. The molecule has 0 amide bonds. The first-order valence-corrected chi connectivity index (χ1v) is 7.80. The summed E-state index contributed by atoms with van der Waals surface area (Å²) in [5.41, 5.74) is 0. The van der Waals surface area contributed by atoms with Crippen LogP contribution in [0.3, 0.4) is 0 Å². The number of ether oxygens (including phenoxy) is 3. The molecule has 0 spiro atoms. The van der Waals surface area contributed by atoms with Crippen LogP contribution in [-0.2, 0) is 4.79 Å². The summed E-state index contributed by atoms with van der Waals surface area (Å²) in [6.07, 6.45) is 0. The van der Waals surface area contributed by atoms with Crippen LogP contribution in [0.25, 0.3) is 10.8 Å². The van der Waals surface area contributed by atoms with E-state index in [1.165, 1.54) is 0 Å². The van der Waals surface area contributed by atoms with E-state index < -0.39 is 5.97 Å². The molecule has 24 heavy (non-hydrogen) atoms. The highest BCUT2D eigenvalue weighted by Crippen LogP contribution is 2.21. The Labute approximate surface area is 140 Å². The van der Waals surface area contributed by atoms with Gasteiger partial charge in [-0.1, -0.05) is 30.3 Å². The molecular weight excluding hydrogens is 304 g/mol. The topological polar surface area (TPSA) is 44.8 Å². The van der Waals surface area contributed by atoms with Gasteiger partial charge < -0.3 is 14.2 Å². The second kappa shape index (κ2) is 7.51. The lowest BCUT2D eigenvalue weighted by atomic mass is 10.1. The summed E-state index contributed by atoms with van der Waals surface area (Å²) in [6.45, 7) is 2.38. The highest BCUT2D eigenvalue weighted by atomic mass is 16.6. The van der Waals surface area contributed by atoms with Gasteiger partial charge in [-0.15, -0.1) is 0 Å². The molecule has 0 bridgehead atoms. The predicted octanol–water partition coefficient (Wildman–Crippen LogP) is 4.22. The number of benzene rings is 3. The lowest BCUT2D eigenvalue weighted by Crippen LogP contribution is -2.17. The maximum absolute atomic E-state index is 11.9. The van der Waals surface area contributed by atoms with Gasteiger partial charge in [0.05, 0.1) is 6.61 Å². The molecule has 3 aromatic carbocycles. The van der Waals surface area contributed by atoms with Crippen LogP contribution >= 0.6 is 0 Å². The average molecular weight is 322 g/mol. The number of rotatable bonds is 6. The van der Waals surface area contributed by atoms with Gasteiger partial charge in [-0.2, -0.15) is 0 Å². The van der Waals surface area contributed by atoms with Crippen LogP contribution in [-0.4, -0.2) is 19.2 Å². The number of carbonyl (C=O) groups excluding carboxylic acids is 1. The van der Waals surface area contributed by atoms with Crippen LogP contribution in [0, 0.1) is 0 Å². The highest BCUT2D eigenvalue weighted by Gasteiger charge is 2.07. The lowest BCUT2D eigenvalue weighted by molar-refractivity contribution is -0.136. The third kappa shape index (κ3) is 4.04. The van der Waals surface area contributed by atoms with E-state index >= 15 is 0 Å². The van der Waals surface area contributed by atoms with E-state index in [2.05, 4.69) is 0 Å². The second-order valence-corrected chi connectivity index (χ2v) is 5.18. The van der Waals surface area contributed by atoms with Crippen molar-refractivity contribution in [3.05, 3.63) is 66.7 Å². The van der Waals surface area contributed by atoms with Gasteiger partial charge >= 0.3 is 5.97 Å². The molecule has 4 heteroatoms. The Morgan fingerprint density at radius 2 is 1.42 bits per heavy atom. The SMILES string of the molecule is CCOc1ccc(OCC(=O)Oc2ccc3ccccc3c2)cc1. The molecule has 0 unspecified atom stereocenters. The smallest absolute Gasteiger partial charge is 0.349 e. The van der Waals surface area contributed by atoms with Crippen molar-refractivity contribution in [1.82, 2.24) is 0 Å². The van der Waals surface area contributed by atoms with Crippen LogP contribution in [0.5, 0.6) is 17.2 Å². The van der Waals surface area contributed by atoms with Gasteiger partial charge in [0.25, 0.3) is 0 Å². The fourth-order valence-corrected chi connectivity index (χ4v) is 2.33. The van der Waals surface area contributed by atoms with Crippen molar-refractivity contribution in [3.8, 4) is 17.2 Å². The monoisotopic (exact) mass is 322 g/mol. The fourth-order valence-electron chi connectivity index (χ4n) is 2.33. The van der Waals surface area contributed by atoms with Gasteiger partial charge in [0.15, 0.2) is 6.61 Å². The van der Waals surface area contributed by atoms with Crippen LogP contribution in [0.4, 0.5) is 0 Å². The molecule has 0 saturated heterocycles. The van der Waals surface area contributed by atoms with Crippen molar-refractivity contribution in [2.45, 2.75) is 6.92 Å². The number of esters is 1. The van der Waals surface area contributed by atoms with Gasteiger partial charge in [0.1, 0.15) is 17.2 Å². The summed E-state index contributed by atoms with van der Waals surface area (Å²) in [4.78, 5) is 11.9. The van der Waals surface area contributed by atoms with Gasteiger partial charge in [-0.3, -0.25) is 0 Å². The summed E-state index contributed by atoms with van der Waals surface area (Å²) in [5.74, 6) is 1.42. The van der Waals surface area contributed by atoms with Gasteiger partial charge in [0, 0.05) is 0 Å². The van der Waals surface area contributed by atoms with Crippen LogP contribution in [0.2, 0.25) is 0 Å². The summed E-state index contributed by atoms with van der Waals surface area (Å²) < 4.78 is 16.1. The highest BCUT2D eigenvalue weighted by molar-refractivity contribution is 5.84. The minimum atomic E-state index is -0.445. The summed E-state index contributed by atoms with van der Waals surface area (Å²) in [6, 6.07) is 20.6.